The summed E-state index contributed by atoms with van der Waals surface area (Å²) in [5.74, 6) is 0.885. The Balaban J connectivity index is 1.67. The second-order valence-electron chi connectivity index (χ2n) is 9.13. The predicted molar refractivity (Wildman–Crippen MR) is 126 cm³/mol. The Morgan fingerprint density at radius 3 is 2.75 bits per heavy atom. The summed E-state index contributed by atoms with van der Waals surface area (Å²) < 4.78 is 4.71. The first-order valence-electron chi connectivity index (χ1n) is 11.0. The monoisotopic (exact) mass is 434 g/mol. The lowest BCUT2D eigenvalue weighted by Crippen LogP contribution is -2.45. The van der Waals surface area contributed by atoms with Crippen LogP contribution in [0.25, 0.3) is 0 Å². The van der Waals surface area contributed by atoms with E-state index in [1.54, 1.807) is 18.1 Å². The predicted octanol–water partition coefficient (Wildman–Crippen LogP) is 3.07. The van der Waals surface area contributed by atoms with Crippen LogP contribution in [0, 0.1) is 5.41 Å². The fourth-order valence-electron chi connectivity index (χ4n) is 4.55. The number of nitrogens with zero attached hydrogens (tertiary/aromatic N) is 4. The van der Waals surface area contributed by atoms with Crippen molar-refractivity contribution in [3.05, 3.63) is 30.5 Å². The van der Waals surface area contributed by atoms with E-state index in [-0.39, 0.29) is 5.91 Å². The molecule has 0 saturated heterocycles. The number of methoxy groups -OCH3 is 1. The Labute approximate surface area is 189 Å². The van der Waals surface area contributed by atoms with Gasteiger partial charge in [0.2, 0.25) is 11.9 Å². The van der Waals surface area contributed by atoms with Gasteiger partial charge in [0.05, 0.1) is 18.7 Å². The average Bonchev–Trinajstić information content (AvgIpc) is 3.29. The standard InChI is InChI=1S/C23H29BN5O3/c1-23(2)14-29(17-10-5-6-11-17)19-18(28(3)20(23)30)13-25-22(27-19)26-16-9-7-8-15(12-16)24-21(31)32-4/h7-9,12-13,17H,5-6,10-11,14H2,1-4H3,(H,25,26,27). The summed E-state index contributed by atoms with van der Waals surface area (Å²) >= 11 is 0. The van der Waals surface area contributed by atoms with E-state index in [1.165, 1.54) is 27.2 Å². The molecule has 32 heavy (non-hydrogen) atoms. The van der Waals surface area contributed by atoms with E-state index < -0.39 is 11.3 Å². The highest BCUT2D eigenvalue weighted by Gasteiger charge is 2.41. The molecule has 2 aromatic rings. The lowest BCUT2D eigenvalue weighted by atomic mass is 9.70. The van der Waals surface area contributed by atoms with Crippen molar-refractivity contribution in [1.29, 1.82) is 0 Å². The van der Waals surface area contributed by atoms with Gasteiger partial charge in [0.1, 0.15) is 5.69 Å². The highest BCUT2D eigenvalue weighted by atomic mass is 16.5. The van der Waals surface area contributed by atoms with Crippen molar-refractivity contribution in [2.75, 3.05) is 35.8 Å². The SMILES string of the molecule is COC(=O)[B]c1cccc(Nc2ncc3c(n2)N(C2CCCC2)CC(C)(C)C(=O)N3C)c1. The van der Waals surface area contributed by atoms with Crippen LogP contribution < -0.4 is 20.6 Å². The first kappa shape index (κ1) is 22.1. The molecule has 1 radical (unpaired) electrons. The van der Waals surface area contributed by atoms with E-state index in [0.717, 1.165) is 35.5 Å². The van der Waals surface area contributed by atoms with Crippen LogP contribution in [0.1, 0.15) is 39.5 Å². The van der Waals surface area contributed by atoms with Gasteiger partial charge in [-0.15, -0.1) is 0 Å². The molecule has 0 unspecified atom stereocenters. The number of anilines is 4. The molecule has 1 fully saturated rings. The number of hydrogen-bond acceptors (Lipinski definition) is 7. The molecule has 1 aromatic carbocycles. The molecular weight excluding hydrogens is 405 g/mol. The quantitative estimate of drug-likeness (QED) is 0.724. The van der Waals surface area contributed by atoms with Crippen molar-refractivity contribution in [3.8, 4) is 0 Å². The molecule has 167 valence electrons. The van der Waals surface area contributed by atoms with E-state index in [1.807, 2.05) is 38.1 Å². The molecule has 8 nitrogen and oxygen atoms in total. The van der Waals surface area contributed by atoms with Crippen molar-refractivity contribution in [2.24, 2.45) is 5.41 Å². The van der Waals surface area contributed by atoms with Crippen molar-refractivity contribution in [2.45, 2.75) is 45.6 Å². The summed E-state index contributed by atoms with van der Waals surface area (Å²) in [7, 11) is 4.57. The Bertz CT molecular complexity index is 1020. The molecule has 0 atom stereocenters. The second-order valence-corrected chi connectivity index (χ2v) is 9.13. The van der Waals surface area contributed by atoms with Crippen molar-refractivity contribution >= 4 is 47.7 Å². The topological polar surface area (TPSA) is 87.7 Å². The molecule has 1 aromatic heterocycles. The minimum Gasteiger partial charge on any atom is -0.477 e. The molecule has 4 rings (SSSR count). The summed E-state index contributed by atoms with van der Waals surface area (Å²) in [6, 6.07) is 7.76. The van der Waals surface area contributed by atoms with E-state index in [0.29, 0.717) is 18.5 Å². The number of rotatable bonds is 5. The van der Waals surface area contributed by atoms with E-state index >= 15 is 0 Å². The van der Waals surface area contributed by atoms with Gasteiger partial charge in [0, 0.05) is 25.3 Å². The number of aromatic nitrogens is 2. The highest BCUT2D eigenvalue weighted by molar-refractivity contribution is 6.82. The van der Waals surface area contributed by atoms with Gasteiger partial charge >= 0.3 is 0 Å². The minimum absolute atomic E-state index is 0.0644. The zero-order valence-electron chi connectivity index (χ0n) is 19.1. The van der Waals surface area contributed by atoms with Crippen LogP contribution in [-0.4, -0.2) is 55.8 Å². The fourth-order valence-corrected chi connectivity index (χ4v) is 4.55. The smallest absolute Gasteiger partial charge is 0.299 e. The molecule has 1 amide bonds. The third kappa shape index (κ3) is 4.42. The van der Waals surface area contributed by atoms with Crippen molar-refractivity contribution < 1.29 is 14.3 Å². The zero-order valence-corrected chi connectivity index (χ0v) is 19.1. The molecule has 2 aliphatic rings. The Morgan fingerprint density at radius 1 is 1.28 bits per heavy atom. The number of carbonyl (C=O) groups excluding carboxylic acids is 2. The fraction of sp³-hybridized carbons (Fsp3) is 0.478. The average molecular weight is 434 g/mol. The zero-order chi connectivity index (χ0) is 22.9. The van der Waals surface area contributed by atoms with Crippen LogP contribution in [0.15, 0.2) is 30.5 Å². The third-order valence-corrected chi connectivity index (χ3v) is 6.23. The van der Waals surface area contributed by atoms with E-state index in [9.17, 15) is 9.59 Å². The minimum atomic E-state index is -0.524. The largest absolute Gasteiger partial charge is 0.477 e. The number of amides is 1. The van der Waals surface area contributed by atoms with Gasteiger partial charge in [-0.2, -0.15) is 4.98 Å². The number of benzene rings is 1. The van der Waals surface area contributed by atoms with E-state index in [2.05, 4.69) is 15.2 Å². The van der Waals surface area contributed by atoms with Crippen LogP contribution >= 0.6 is 0 Å². The molecule has 0 bridgehead atoms. The Morgan fingerprint density at radius 2 is 2.03 bits per heavy atom. The van der Waals surface area contributed by atoms with Crippen LogP contribution in [-0.2, 0) is 9.53 Å². The van der Waals surface area contributed by atoms with Gasteiger partial charge in [-0.1, -0.05) is 30.4 Å². The van der Waals surface area contributed by atoms with E-state index in [4.69, 9.17) is 9.72 Å². The number of carbonyl (C=O) groups is 2. The van der Waals surface area contributed by atoms with Crippen molar-refractivity contribution in [3.63, 3.8) is 0 Å². The normalized spacial score (nSPS) is 18.2. The van der Waals surface area contributed by atoms with Crippen LogP contribution in [0.2, 0.25) is 0 Å². The molecular formula is C23H29BN5O3. The second kappa shape index (κ2) is 8.80. The number of ether oxygens (including phenoxy) is 1. The molecule has 1 aliphatic carbocycles. The summed E-state index contributed by atoms with van der Waals surface area (Å²) in [6.45, 7) is 4.61. The van der Waals surface area contributed by atoms with Crippen LogP contribution in [0.4, 0.5) is 27.9 Å². The van der Waals surface area contributed by atoms with Crippen LogP contribution in [0.3, 0.4) is 0 Å². The summed E-state index contributed by atoms with van der Waals surface area (Å²) in [5.41, 5.74) is 1.68. The van der Waals surface area contributed by atoms with Crippen LogP contribution in [0.5, 0.6) is 0 Å². The Hall–Kier alpha value is -3.10. The highest BCUT2D eigenvalue weighted by Crippen LogP contribution is 2.40. The van der Waals surface area contributed by atoms with Gasteiger partial charge in [-0.3, -0.25) is 9.59 Å². The maximum atomic E-state index is 13.1. The maximum absolute atomic E-state index is 13.1. The molecule has 1 aliphatic heterocycles. The summed E-state index contributed by atoms with van der Waals surface area (Å²) in [4.78, 5) is 38.0. The molecule has 0 spiro atoms. The molecule has 9 heteroatoms. The van der Waals surface area contributed by atoms with Gasteiger partial charge in [-0.05, 0) is 38.8 Å². The maximum Gasteiger partial charge on any atom is 0.299 e. The van der Waals surface area contributed by atoms with Crippen molar-refractivity contribution in [1.82, 2.24) is 9.97 Å². The van der Waals surface area contributed by atoms with Gasteiger partial charge < -0.3 is 19.9 Å². The van der Waals surface area contributed by atoms with Gasteiger partial charge in [0.25, 0.3) is 13.1 Å². The molecule has 2 heterocycles. The Kier molecular flexibility index (Phi) is 6.08. The lowest BCUT2D eigenvalue weighted by Gasteiger charge is -2.34. The first-order chi connectivity index (χ1) is 15.3. The number of nitrogens with one attached hydrogen (secondary N) is 1. The summed E-state index contributed by atoms with van der Waals surface area (Å²) in [6.07, 6.45) is 6.31. The number of fused-ring (bicyclic) bond motifs is 1. The third-order valence-electron chi connectivity index (χ3n) is 6.23. The number of hydrogen-bond donors (Lipinski definition) is 1. The lowest BCUT2D eigenvalue weighted by molar-refractivity contribution is -0.125. The molecule has 1 N–H and O–H groups in total. The first-order valence-corrected chi connectivity index (χ1v) is 11.0. The molecule has 1 saturated carbocycles. The van der Waals surface area contributed by atoms with Gasteiger partial charge in [0.15, 0.2) is 5.82 Å². The van der Waals surface area contributed by atoms with Gasteiger partial charge in [-0.25, -0.2) is 4.98 Å². The summed E-state index contributed by atoms with van der Waals surface area (Å²) in [5, 5.41) is 3.24.